The minimum atomic E-state index is -0.315. The predicted octanol–water partition coefficient (Wildman–Crippen LogP) is 3.80. The lowest BCUT2D eigenvalue weighted by Gasteiger charge is -2.09. The predicted molar refractivity (Wildman–Crippen MR) is 85.8 cm³/mol. The zero-order chi connectivity index (χ0) is 15.5. The van der Waals surface area contributed by atoms with Crippen LogP contribution in [0, 0.1) is 0 Å². The van der Waals surface area contributed by atoms with E-state index in [0.29, 0.717) is 11.6 Å². The molecule has 0 unspecified atom stereocenters. The number of carbonyl (C=O) groups is 1. The van der Waals surface area contributed by atoms with Crippen molar-refractivity contribution in [2.75, 3.05) is 0 Å². The maximum atomic E-state index is 11.1. The van der Waals surface area contributed by atoms with Crippen LogP contribution in [0.4, 0.5) is 0 Å². The highest BCUT2D eigenvalue weighted by atomic mass is 35.5. The number of imidazole rings is 1. The van der Waals surface area contributed by atoms with Gasteiger partial charge in [0.1, 0.15) is 12.4 Å². The van der Waals surface area contributed by atoms with Crippen LogP contribution in [0.1, 0.15) is 18.3 Å². The Hall–Kier alpha value is -2.33. The molecule has 2 aromatic carbocycles. The Bertz CT molecular complexity index is 809. The maximum Gasteiger partial charge on any atom is 0.303 e. The van der Waals surface area contributed by atoms with Gasteiger partial charge in [-0.3, -0.25) is 4.79 Å². The molecule has 0 atom stereocenters. The SMILES string of the molecule is CC(=O)OCc1nc2ccccc2n1Cc1ccc(Cl)cc1. The number of para-hydroxylation sites is 2. The van der Waals surface area contributed by atoms with Gasteiger partial charge < -0.3 is 9.30 Å². The summed E-state index contributed by atoms with van der Waals surface area (Å²) in [7, 11) is 0. The monoisotopic (exact) mass is 314 g/mol. The second-order valence-electron chi connectivity index (χ2n) is 5.01. The summed E-state index contributed by atoms with van der Waals surface area (Å²) in [6, 6.07) is 15.6. The van der Waals surface area contributed by atoms with Crippen LogP contribution < -0.4 is 0 Å². The van der Waals surface area contributed by atoms with E-state index in [1.54, 1.807) is 0 Å². The van der Waals surface area contributed by atoms with Crippen molar-refractivity contribution < 1.29 is 9.53 Å². The molecule has 0 fully saturated rings. The van der Waals surface area contributed by atoms with Crippen molar-refractivity contribution in [3.63, 3.8) is 0 Å². The maximum absolute atomic E-state index is 11.1. The molecular formula is C17H15ClN2O2. The topological polar surface area (TPSA) is 44.1 Å². The Morgan fingerprint density at radius 2 is 1.91 bits per heavy atom. The summed E-state index contributed by atoms with van der Waals surface area (Å²) in [6.07, 6.45) is 0. The molecule has 22 heavy (non-hydrogen) atoms. The van der Waals surface area contributed by atoms with Crippen LogP contribution >= 0.6 is 11.6 Å². The van der Waals surface area contributed by atoms with Crippen molar-refractivity contribution in [3.8, 4) is 0 Å². The number of aromatic nitrogens is 2. The van der Waals surface area contributed by atoms with E-state index in [4.69, 9.17) is 16.3 Å². The Labute approximate surface area is 133 Å². The first-order chi connectivity index (χ1) is 10.6. The third-order valence-corrected chi connectivity index (χ3v) is 3.64. The van der Waals surface area contributed by atoms with Crippen molar-refractivity contribution in [1.82, 2.24) is 9.55 Å². The number of halogens is 1. The first-order valence-corrected chi connectivity index (χ1v) is 7.33. The minimum Gasteiger partial charge on any atom is -0.458 e. The molecule has 112 valence electrons. The Balaban J connectivity index is 1.99. The molecule has 0 bridgehead atoms. The first-order valence-electron chi connectivity index (χ1n) is 6.95. The van der Waals surface area contributed by atoms with Crippen LogP contribution in [0.25, 0.3) is 11.0 Å². The second kappa shape index (κ2) is 6.20. The number of fused-ring (bicyclic) bond motifs is 1. The van der Waals surface area contributed by atoms with Crippen LogP contribution in [0.2, 0.25) is 5.02 Å². The van der Waals surface area contributed by atoms with Crippen molar-refractivity contribution in [2.45, 2.75) is 20.1 Å². The van der Waals surface area contributed by atoms with Gasteiger partial charge in [0.25, 0.3) is 0 Å². The molecule has 5 heteroatoms. The summed E-state index contributed by atoms with van der Waals surface area (Å²) in [5, 5.41) is 0.708. The third kappa shape index (κ3) is 3.12. The number of esters is 1. The van der Waals surface area contributed by atoms with E-state index in [9.17, 15) is 4.79 Å². The number of benzene rings is 2. The molecule has 3 rings (SSSR count). The lowest BCUT2D eigenvalue weighted by atomic mass is 10.2. The lowest BCUT2D eigenvalue weighted by molar-refractivity contribution is -0.142. The lowest BCUT2D eigenvalue weighted by Crippen LogP contribution is -2.08. The van der Waals surface area contributed by atoms with Crippen molar-refractivity contribution >= 4 is 28.6 Å². The zero-order valence-corrected chi connectivity index (χ0v) is 12.9. The zero-order valence-electron chi connectivity index (χ0n) is 12.1. The van der Waals surface area contributed by atoms with Crippen molar-refractivity contribution in [1.29, 1.82) is 0 Å². The van der Waals surface area contributed by atoms with Gasteiger partial charge in [0, 0.05) is 18.5 Å². The molecule has 0 spiro atoms. The molecule has 1 heterocycles. The molecule has 0 saturated heterocycles. The van der Waals surface area contributed by atoms with Gasteiger partial charge in [-0.25, -0.2) is 4.98 Å². The Morgan fingerprint density at radius 1 is 1.18 bits per heavy atom. The van der Waals surface area contributed by atoms with Crippen LogP contribution in [0.3, 0.4) is 0 Å². The average Bonchev–Trinajstić information content (AvgIpc) is 2.85. The van der Waals surface area contributed by atoms with Gasteiger partial charge in [-0.15, -0.1) is 0 Å². The van der Waals surface area contributed by atoms with Gasteiger partial charge in [0.2, 0.25) is 0 Å². The van der Waals surface area contributed by atoms with E-state index >= 15 is 0 Å². The van der Waals surface area contributed by atoms with E-state index < -0.39 is 0 Å². The third-order valence-electron chi connectivity index (χ3n) is 3.39. The van der Waals surface area contributed by atoms with Crippen LogP contribution in [0.5, 0.6) is 0 Å². The normalized spacial score (nSPS) is 10.8. The number of ether oxygens (including phenoxy) is 1. The number of nitrogens with zero attached hydrogens (tertiary/aromatic N) is 2. The molecule has 0 aliphatic rings. The molecule has 0 amide bonds. The molecule has 4 nitrogen and oxygen atoms in total. The molecule has 3 aromatic rings. The fourth-order valence-corrected chi connectivity index (χ4v) is 2.48. The fraction of sp³-hybridized carbons (Fsp3) is 0.176. The minimum absolute atomic E-state index is 0.164. The molecule has 0 radical (unpaired) electrons. The highest BCUT2D eigenvalue weighted by molar-refractivity contribution is 6.30. The quantitative estimate of drug-likeness (QED) is 0.688. The molecular weight excluding hydrogens is 300 g/mol. The first kappa shape index (κ1) is 14.6. The van der Waals surface area contributed by atoms with Gasteiger partial charge >= 0.3 is 5.97 Å². The van der Waals surface area contributed by atoms with Crippen LogP contribution in [-0.4, -0.2) is 15.5 Å². The van der Waals surface area contributed by atoms with E-state index in [-0.39, 0.29) is 12.6 Å². The van der Waals surface area contributed by atoms with E-state index in [1.807, 2.05) is 48.5 Å². The standard InChI is InChI=1S/C17H15ClN2O2/c1-12(21)22-11-17-19-15-4-2-3-5-16(15)20(17)10-13-6-8-14(18)9-7-13/h2-9H,10-11H2,1H3. The molecule has 0 saturated carbocycles. The van der Waals surface area contributed by atoms with Crippen molar-refractivity contribution in [2.24, 2.45) is 0 Å². The van der Waals surface area contributed by atoms with E-state index in [2.05, 4.69) is 9.55 Å². The second-order valence-corrected chi connectivity index (χ2v) is 5.45. The summed E-state index contributed by atoms with van der Waals surface area (Å²) in [5.41, 5.74) is 3.01. The molecule has 1 aromatic heterocycles. The number of hydrogen-bond acceptors (Lipinski definition) is 3. The summed E-state index contributed by atoms with van der Waals surface area (Å²) < 4.78 is 7.17. The molecule has 0 aliphatic carbocycles. The van der Waals surface area contributed by atoms with Gasteiger partial charge in [-0.1, -0.05) is 35.9 Å². The highest BCUT2D eigenvalue weighted by Crippen LogP contribution is 2.19. The van der Waals surface area contributed by atoms with Gasteiger partial charge in [0.05, 0.1) is 11.0 Å². The molecule has 0 aliphatic heterocycles. The van der Waals surface area contributed by atoms with Crippen LogP contribution in [-0.2, 0) is 22.7 Å². The highest BCUT2D eigenvalue weighted by Gasteiger charge is 2.12. The average molecular weight is 315 g/mol. The van der Waals surface area contributed by atoms with Crippen LogP contribution in [0.15, 0.2) is 48.5 Å². The number of carbonyl (C=O) groups excluding carboxylic acids is 1. The van der Waals surface area contributed by atoms with Gasteiger partial charge in [0.15, 0.2) is 0 Å². The molecule has 0 N–H and O–H groups in total. The number of rotatable bonds is 4. The summed E-state index contributed by atoms with van der Waals surface area (Å²) in [4.78, 5) is 15.6. The largest absolute Gasteiger partial charge is 0.458 e. The van der Waals surface area contributed by atoms with Gasteiger partial charge in [-0.2, -0.15) is 0 Å². The van der Waals surface area contributed by atoms with E-state index in [0.717, 1.165) is 22.4 Å². The smallest absolute Gasteiger partial charge is 0.303 e. The van der Waals surface area contributed by atoms with Crippen molar-refractivity contribution in [3.05, 3.63) is 64.9 Å². The summed E-state index contributed by atoms with van der Waals surface area (Å²) in [6.45, 7) is 2.21. The van der Waals surface area contributed by atoms with Gasteiger partial charge in [-0.05, 0) is 29.8 Å². The fourth-order valence-electron chi connectivity index (χ4n) is 2.35. The van der Waals surface area contributed by atoms with E-state index in [1.165, 1.54) is 6.92 Å². The Morgan fingerprint density at radius 3 is 2.64 bits per heavy atom. The number of hydrogen-bond donors (Lipinski definition) is 0. The summed E-state index contributed by atoms with van der Waals surface area (Å²) >= 11 is 5.93. The Kier molecular flexibility index (Phi) is 4.11. The summed E-state index contributed by atoms with van der Waals surface area (Å²) in [5.74, 6) is 0.413.